The third-order valence-corrected chi connectivity index (χ3v) is 3.95. The number of aryl methyl sites for hydroxylation is 1. The highest BCUT2D eigenvalue weighted by molar-refractivity contribution is 7.09. The minimum absolute atomic E-state index is 0.684. The van der Waals surface area contributed by atoms with Gasteiger partial charge in [0, 0.05) is 10.9 Å². The molecule has 0 fully saturated rings. The summed E-state index contributed by atoms with van der Waals surface area (Å²) in [5, 5.41) is 3.12. The number of thiazole rings is 1. The van der Waals surface area contributed by atoms with E-state index in [9.17, 15) is 0 Å². The molecule has 1 aromatic heterocycles. The Hall–Kier alpha value is -1.55. The second-order valence-electron chi connectivity index (χ2n) is 4.91. The van der Waals surface area contributed by atoms with Crippen molar-refractivity contribution in [3.63, 3.8) is 0 Å². The quantitative estimate of drug-likeness (QED) is 0.596. The van der Waals surface area contributed by atoms with Crippen molar-refractivity contribution in [3.8, 4) is 17.0 Å². The number of ether oxygens (including phenoxy) is 1. The number of nitrogen functional groups attached to an aromatic ring is 1. The number of hydrogen-bond donors (Lipinski definition) is 1. The fraction of sp³-hybridized carbons (Fsp3) is 0.438. The van der Waals surface area contributed by atoms with Crippen molar-refractivity contribution in [1.29, 1.82) is 0 Å². The third-order valence-electron chi connectivity index (χ3n) is 3.18. The van der Waals surface area contributed by atoms with Gasteiger partial charge in [0.15, 0.2) is 0 Å². The van der Waals surface area contributed by atoms with Crippen LogP contribution in [0.3, 0.4) is 0 Å². The van der Waals surface area contributed by atoms with Crippen LogP contribution in [0.15, 0.2) is 23.6 Å². The van der Waals surface area contributed by atoms with Crippen LogP contribution >= 0.6 is 11.3 Å². The van der Waals surface area contributed by atoms with Crippen LogP contribution in [0.2, 0.25) is 0 Å². The molecule has 0 aliphatic rings. The van der Waals surface area contributed by atoms with Crippen LogP contribution in [-0.4, -0.2) is 11.6 Å². The summed E-state index contributed by atoms with van der Waals surface area (Å²) in [4.78, 5) is 4.47. The molecule has 0 aliphatic heterocycles. The standard InChI is InChI=1S/C16H22N2OS/c1-3-4-5-6-9-19-16-8-7-13(10-14(16)17)15-11-20-12(2)18-15/h7-8,10-11H,3-6,9,17H2,1-2H3. The van der Waals surface area contributed by atoms with E-state index in [0.717, 1.165) is 35.0 Å². The van der Waals surface area contributed by atoms with Crippen molar-refractivity contribution < 1.29 is 4.74 Å². The normalized spacial score (nSPS) is 10.7. The summed E-state index contributed by atoms with van der Waals surface area (Å²) in [6.07, 6.45) is 4.80. The first kappa shape index (κ1) is 14.9. The highest BCUT2D eigenvalue weighted by Gasteiger charge is 2.06. The van der Waals surface area contributed by atoms with Gasteiger partial charge in [-0.2, -0.15) is 0 Å². The Kier molecular flexibility index (Phi) is 5.41. The molecular weight excluding hydrogens is 268 g/mol. The zero-order chi connectivity index (χ0) is 14.4. The van der Waals surface area contributed by atoms with E-state index in [0.29, 0.717) is 5.69 Å². The summed E-state index contributed by atoms with van der Waals surface area (Å²) in [6.45, 7) is 4.95. The summed E-state index contributed by atoms with van der Waals surface area (Å²) in [5.74, 6) is 0.775. The number of nitrogens with zero attached hydrogens (tertiary/aromatic N) is 1. The van der Waals surface area contributed by atoms with Gasteiger partial charge in [-0.1, -0.05) is 26.2 Å². The average molecular weight is 290 g/mol. The van der Waals surface area contributed by atoms with Crippen molar-refractivity contribution in [2.24, 2.45) is 0 Å². The van der Waals surface area contributed by atoms with Crippen molar-refractivity contribution in [2.45, 2.75) is 39.5 Å². The molecule has 1 heterocycles. The predicted molar refractivity (Wildman–Crippen MR) is 86.3 cm³/mol. The number of anilines is 1. The maximum Gasteiger partial charge on any atom is 0.142 e. The smallest absolute Gasteiger partial charge is 0.142 e. The van der Waals surface area contributed by atoms with Gasteiger partial charge in [0.25, 0.3) is 0 Å². The fourth-order valence-corrected chi connectivity index (χ4v) is 2.67. The molecule has 0 saturated carbocycles. The van der Waals surface area contributed by atoms with Crippen molar-refractivity contribution in [1.82, 2.24) is 4.98 Å². The molecule has 0 atom stereocenters. The highest BCUT2D eigenvalue weighted by Crippen LogP contribution is 2.29. The van der Waals surface area contributed by atoms with Gasteiger partial charge < -0.3 is 10.5 Å². The zero-order valence-corrected chi connectivity index (χ0v) is 13.0. The van der Waals surface area contributed by atoms with E-state index in [1.807, 2.05) is 25.1 Å². The Morgan fingerprint density at radius 3 is 2.75 bits per heavy atom. The molecule has 3 nitrogen and oxygen atoms in total. The Labute approximate surface area is 124 Å². The first-order valence-electron chi connectivity index (χ1n) is 7.15. The minimum Gasteiger partial charge on any atom is -0.491 e. The van der Waals surface area contributed by atoms with E-state index in [2.05, 4.69) is 17.3 Å². The first-order valence-corrected chi connectivity index (χ1v) is 8.03. The van der Waals surface area contributed by atoms with E-state index in [1.54, 1.807) is 11.3 Å². The second-order valence-corrected chi connectivity index (χ2v) is 5.98. The topological polar surface area (TPSA) is 48.1 Å². The van der Waals surface area contributed by atoms with E-state index in [1.165, 1.54) is 19.3 Å². The average Bonchev–Trinajstić information content (AvgIpc) is 2.87. The molecule has 0 bridgehead atoms. The fourth-order valence-electron chi connectivity index (χ4n) is 2.05. The molecule has 20 heavy (non-hydrogen) atoms. The number of aromatic nitrogens is 1. The lowest BCUT2D eigenvalue weighted by molar-refractivity contribution is 0.306. The number of benzene rings is 1. The Balaban J connectivity index is 1.96. The summed E-state index contributed by atoms with van der Waals surface area (Å²) >= 11 is 1.65. The molecule has 2 aromatic rings. The zero-order valence-electron chi connectivity index (χ0n) is 12.2. The van der Waals surface area contributed by atoms with Crippen LogP contribution < -0.4 is 10.5 Å². The maximum absolute atomic E-state index is 6.06. The SMILES string of the molecule is CCCCCCOc1ccc(-c2csc(C)n2)cc1N. The largest absolute Gasteiger partial charge is 0.491 e. The lowest BCUT2D eigenvalue weighted by Crippen LogP contribution is -2.00. The Bertz CT molecular complexity index is 551. The van der Waals surface area contributed by atoms with Gasteiger partial charge in [-0.3, -0.25) is 0 Å². The molecule has 0 saturated heterocycles. The molecule has 0 amide bonds. The van der Waals surface area contributed by atoms with Crippen molar-refractivity contribution in [2.75, 3.05) is 12.3 Å². The molecule has 0 spiro atoms. The first-order chi connectivity index (χ1) is 9.70. The van der Waals surface area contributed by atoms with Crippen molar-refractivity contribution in [3.05, 3.63) is 28.6 Å². The van der Waals surface area contributed by atoms with E-state index < -0.39 is 0 Å². The van der Waals surface area contributed by atoms with Crippen LogP contribution in [0.25, 0.3) is 11.3 Å². The van der Waals surface area contributed by atoms with Crippen LogP contribution in [0.1, 0.15) is 37.6 Å². The molecule has 2 rings (SSSR count). The molecule has 108 valence electrons. The second kappa shape index (κ2) is 7.29. The van der Waals surface area contributed by atoms with Crippen molar-refractivity contribution >= 4 is 17.0 Å². The molecule has 4 heteroatoms. The lowest BCUT2D eigenvalue weighted by Gasteiger charge is -2.09. The highest BCUT2D eigenvalue weighted by atomic mass is 32.1. The molecule has 0 radical (unpaired) electrons. The number of rotatable bonds is 7. The van der Waals surface area contributed by atoms with Crippen LogP contribution in [0.5, 0.6) is 5.75 Å². The summed E-state index contributed by atoms with van der Waals surface area (Å²) < 4.78 is 5.74. The number of unbranched alkanes of at least 4 members (excludes halogenated alkanes) is 3. The van der Waals surface area contributed by atoms with Gasteiger partial charge in [0.2, 0.25) is 0 Å². The van der Waals surface area contributed by atoms with Gasteiger partial charge in [-0.15, -0.1) is 11.3 Å². The monoisotopic (exact) mass is 290 g/mol. The molecule has 1 aromatic carbocycles. The third kappa shape index (κ3) is 3.97. The summed E-state index contributed by atoms with van der Waals surface area (Å²) in [6, 6.07) is 5.90. The Morgan fingerprint density at radius 2 is 2.10 bits per heavy atom. The molecule has 0 unspecified atom stereocenters. The van der Waals surface area contributed by atoms with Gasteiger partial charge >= 0.3 is 0 Å². The van der Waals surface area contributed by atoms with Gasteiger partial charge in [-0.25, -0.2) is 4.98 Å². The van der Waals surface area contributed by atoms with Crippen LogP contribution in [-0.2, 0) is 0 Å². The molecule has 2 N–H and O–H groups in total. The summed E-state index contributed by atoms with van der Waals surface area (Å²) in [7, 11) is 0. The predicted octanol–water partition coefficient (Wildman–Crippen LogP) is 4.66. The van der Waals surface area contributed by atoms with E-state index >= 15 is 0 Å². The van der Waals surface area contributed by atoms with Crippen LogP contribution in [0.4, 0.5) is 5.69 Å². The number of nitrogens with two attached hydrogens (primary N) is 1. The van der Waals surface area contributed by atoms with Gasteiger partial charge in [-0.05, 0) is 31.5 Å². The number of hydrogen-bond acceptors (Lipinski definition) is 4. The minimum atomic E-state index is 0.684. The Morgan fingerprint density at radius 1 is 1.25 bits per heavy atom. The van der Waals surface area contributed by atoms with Crippen LogP contribution in [0, 0.1) is 6.92 Å². The summed E-state index contributed by atoms with van der Waals surface area (Å²) in [5.41, 5.74) is 8.77. The van der Waals surface area contributed by atoms with Gasteiger partial charge in [0.05, 0.1) is 23.0 Å². The molecule has 0 aliphatic carbocycles. The van der Waals surface area contributed by atoms with Gasteiger partial charge in [0.1, 0.15) is 5.75 Å². The van der Waals surface area contributed by atoms with E-state index in [-0.39, 0.29) is 0 Å². The lowest BCUT2D eigenvalue weighted by atomic mass is 10.1. The maximum atomic E-state index is 6.06. The molecular formula is C16H22N2OS. The van der Waals surface area contributed by atoms with E-state index in [4.69, 9.17) is 10.5 Å².